The van der Waals surface area contributed by atoms with E-state index < -0.39 is 0 Å². The van der Waals surface area contributed by atoms with Gasteiger partial charge < -0.3 is 14.8 Å². The summed E-state index contributed by atoms with van der Waals surface area (Å²) >= 11 is 0. The number of nitrogens with one attached hydrogen (secondary N) is 1. The standard InChI is InChI=1S/C16H25NO4/c1-3-20-16(19)17-12-5-4-10-7-13-9(2)21-15(18)14(13)8-11(10)6-12/h9-14H,3-8H2,1-2H3,(H,17,19)/t9?,10?,11?,12-,13?,14?/m1/s1. The van der Waals surface area contributed by atoms with Crippen molar-refractivity contribution in [1.29, 1.82) is 0 Å². The second-order valence-corrected chi connectivity index (χ2v) is 6.78. The Morgan fingerprint density at radius 1 is 1.29 bits per heavy atom. The molecule has 2 saturated carbocycles. The first-order valence-electron chi connectivity index (χ1n) is 8.22. The Morgan fingerprint density at radius 2 is 2.10 bits per heavy atom. The van der Waals surface area contributed by atoms with Gasteiger partial charge in [0.25, 0.3) is 0 Å². The highest BCUT2D eigenvalue weighted by molar-refractivity contribution is 5.75. The van der Waals surface area contributed by atoms with Gasteiger partial charge in [0, 0.05) is 12.0 Å². The fourth-order valence-electron chi connectivity index (χ4n) is 4.56. The minimum Gasteiger partial charge on any atom is -0.462 e. The van der Waals surface area contributed by atoms with Crippen molar-refractivity contribution in [2.45, 2.75) is 58.1 Å². The Morgan fingerprint density at radius 3 is 2.86 bits per heavy atom. The van der Waals surface area contributed by atoms with E-state index in [4.69, 9.17) is 9.47 Å². The molecule has 1 amide bonds. The zero-order valence-electron chi connectivity index (χ0n) is 12.8. The van der Waals surface area contributed by atoms with Crippen molar-refractivity contribution < 1.29 is 19.1 Å². The van der Waals surface area contributed by atoms with Gasteiger partial charge in [-0.15, -0.1) is 0 Å². The smallest absolute Gasteiger partial charge is 0.407 e. The van der Waals surface area contributed by atoms with E-state index in [2.05, 4.69) is 5.32 Å². The zero-order chi connectivity index (χ0) is 15.0. The number of amides is 1. The van der Waals surface area contributed by atoms with E-state index in [-0.39, 0.29) is 30.1 Å². The molecule has 5 nitrogen and oxygen atoms in total. The van der Waals surface area contributed by atoms with Crippen molar-refractivity contribution in [2.75, 3.05) is 6.61 Å². The van der Waals surface area contributed by atoms with Crippen molar-refractivity contribution in [1.82, 2.24) is 5.32 Å². The molecular formula is C16H25NO4. The molecule has 0 aromatic carbocycles. The zero-order valence-corrected chi connectivity index (χ0v) is 12.8. The van der Waals surface area contributed by atoms with Gasteiger partial charge in [0.15, 0.2) is 0 Å². The van der Waals surface area contributed by atoms with E-state index in [1.54, 1.807) is 0 Å². The van der Waals surface area contributed by atoms with Crippen LogP contribution in [0, 0.1) is 23.7 Å². The average molecular weight is 295 g/mol. The summed E-state index contributed by atoms with van der Waals surface area (Å²) in [5, 5.41) is 2.96. The maximum Gasteiger partial charge on any atom is 0.407 e. The molecule has 0 aromatic heterocycles. The number of hydrogen-bond donors (Lipinski definition) is 1. The van der Waals surface area contributed by atoms with Crippen LogP contribution >= 0.6 is 0 Å². The van der Waals surface area contributed by atoms with Crippen LogP contribution in [0.25, 0.3) is 0 Å². The van der Waals surface area contributed by atoms with E-state index in [9.17, 15) is 9.59 Å². The van der Waals surface area contributed by atoms with Crippen LogP contribution in [0.3, 0.4) is 0 Å². The van der Waals surface area contributed by atoms with Crippen LogP contribution in [0.4, 0.5) is 4.79 Å². The lowest BCUT2D eigenvalue weighted by Crippen LogP contribution is -2.44. The molecule has 1 heterocycles. The fraction of sp³-hybridized carbons (Fsp3) is 0.875. The summed E-state index contributed by atoms with van der Waals surface area (Å²) < 4.78 is 10.4. The highest BCUT2D eigenvalue weighted by atomic mass is 16.6. The fourth-order valence-corrected chi connectivity index (χ4v) is 4.56. The van der Waals surface area contributed by atoms with Crippen molar-refractivity contribution in [3.05, 3.63) is 0 Å². The molecule has 3 rings (SSSR count). The van der Waals surface area contributed by atoms with Gasteiger partial charge in [-0.3, -0.25) is 4.79 Å². The quantitative estimate of drug-likeness (QED) is 0.795. The lowest BCUT2D eigenvalue weighted by Gasteiger charge is -2.43. The van der Waals surface area contributed by atoms with Crippen LogP contribution in [0.1, 0.15) is 46.0 Å². The number of fused-ring (bicyclic) bond motifs is 2. The number of alkyl carbamates (subject to hydrolysis) is 1. The normalized spacial score (nSPS) is 41.7. The Bertz CT molecular complexity index is 425. The molecule has 3 fully saturated rings. The Labute approximate surface area is 125 Å². The van der Waals surface area contributed by atoms with Crippen molar-refractivity contribution >= 4 is 12.1 Å². The van der Waals surface area contributed by atoms with Gasteiger partial charge in [0.05, 0.1) is 12.5 Å². The molecule has 5 unspecified atom stereocenters. The van der Waals surface area contributed by atoms with Crippen molar-refractivity contribution in [2.24, 2.45) is 23.7 Å². The van der Waals surface area contributed by atoms with E-state index >= 15 is 0 Å². The Kier molecular flexibility index (Phi) is 4.09. The van der Waals surface area contributed by atoms with E-state index in [0.29, 0.717) is 24.4 Å². The summed E-state index contributed by atoms with van der Waals surface area (Å²) in [6.07, 6.45) is 4.91. The van der Waals surface area contributed by atoms with Crippen LogP contribution < -0.4 is 5.32 Å². The van der Waals surface area contributed by atoms with Crippen LogP contribution in [0.2, 0.25) is 0 Å². The molecule has 118 valence electrons. The van der Waals surface area contributed by atoms with Gasteiger partial charge in [0.2, 0.25) is 0 Å². The molecule has 6 atom stereocenters. The number of hydrogen-bond acceptors (Lipinski definition) is 4. The van der Waals surface area contributed by atoms with E-state index in [0.717, 1.165) is 32.1 Å². The second kappa shape index (κ2) is 5.85. The topological polar surface area (TPSA) is 64.6 Å². The van der Waals surface area contributed by atoms with Crippen LogP contribution in [-0.4, -0.2) is 30.8 Å². The maximum atomic E-state index is 11.9. The molecule has 3 aliphatic rings. The molecule has 0 radical (unpaired) electrons. The van der Waals surface area contributed by atoms with Crippen LogP contribution in [0.5, 0.6) is 0 Å². The van der Waals surface area contributed by atoms with Gasteiger partial charge in [-0.05, 0) is 57.8 Å². The minimum atomic E-state index is -0.316. The highest BCUT2D eigenvalue weighted by Gasteiger charge is 2.50. The SMILES string of the molecule is CCOC(=O)N[C@@H]1CCC2CC3C(C)OC(=O)C3CC2C1. The number of carbonyl (C=O) groups is 2. The van der Waals surface area contributed by atoms with Gasteiger partial charge in [-0.25, -0.2) is 4.79 Å². The van der Waals surface area contributed by atoms with Crippen molar-refractivity contribution in [3.63, 3.8) is 0 Å². The first-order valence-corrected chi connectivity index (χ1v) is 8.22. The maximum absolute atomic E-state index is 11.9. The predicted molar refractivity (Wildman–Crippen MR) is 76.5 cm³/mol. The lowest BCUT2D eigenvalue weighted by molar-refractivity contribution is -0.144. The summed E-state index contributed by atoms with van der Waals surface area (Å²) in [7, 11) is 0. The highest BCUT2D eigenvalue weighted by Crippen LogP contribution is 2.49. The van der Waals surface area contributed by atoms with E-state index in [1.807, 2.05) is 13.8 Å². The first-order chi connectivity index (χ1) is 10.1. The summed E-state index contributed by atoms with van der Waals surface area (Å²) in [6, 6.07) is 0.191. The molecule has 0 aromatic rings. The van der Waals surface area contributed by atoms with Crippen LogP contribution in [-0.2, 0) is 14.3 Å². The van der Waals surface area contributed by atoms with Gasteiger partial charge >= 0.3 is 12.1 Å². The molecular weight excluding hydrogens is 270 g/mol. The predicted octanol–water partition coefficient (Wildman–Crippen LogP) is 2.49. The molecule has 1 saturated heterocycles. The molecule has 1 aliphatic heterocycles. The molecule has 1 N–H and O–H groups in total. The molecule has 21 heavy (non-hydrogen) atoms. The van der Waals surface area contributed by atoms with Crippen LogP contribution in [0.15, 0.2) is 0 Å². The molecule has 0 spiro atoms. The summed E-state index contributed by atoms with van der Waals surface area (Å²) in [5.74, 6) is 1.70. The number of rotatable bonds is 2. The number of cyclic esters (lactones) is 1. The Hall–Kier alpha value is -1.26. The second-order valence-electron chi connectivity index (χ2n) is 6.78. The summed E-state index contributed by atoms with van der Waals surface area (Å²) in [5.41, 5.74) is 0. The number of ether oxygens (including phenoxy) is 2. The molecule has 0 bridgehead atoms. The third kappa shape index (κ3) is 2.87. The molecule has 5 heteroatoms. The number of esters is 1. The third-order valence-corrected chi connectivity index (χ3v) is 5.59. The first kappa shape index (κ1) is 14.7. The minimum absolute atomic E-state index is 0.00794. The monoisotopic (exact) mass is 295 g/mol. The molecule has 2 aliphatic carbocycles. The van der Waals surface area contributed by atoms with Gasteiger partial charge in [0.1, 0.15) is 6.10 Å². The summed E-state index contributed by atoms with van der Waals surface area (Å²) in [6.45, 7) is 4.24. The van der Waals surface area contributed by atoms with Gasteiger partial charge in [-0.1, -0.05) is 0 Å². The van der Waals surface area contributed by atoms with Gasteiger partial charge in [-0.2, -0.15) is 0 Å². The average Bonchev–Trinajstić information content (AvgIpc) is 2.71. The lowest BCUT2D eigenvalue weighted by atomic mass is 9.62. The third-order valence-electron chi connectivity index (χ3n) is 5.59. The van der Waals surface area contributed by atoms with E-state index in [1.165, 1.54) is 0 Å². The number of carbonyl (C=O) groups excluding carboxylic acids is 2. The van der Waals surface area contributed by atoms with Crippen molar-refractivity contribution in [3.8, 4) is 0 Å². The summed E-state index contributed by atoms with van der Waals surface area (Å²) in [4.78, 5) is 23.5. The Balaban J connectivity index is 1.59. The largest absolute Gasteiger partial charge is 0.462 e.